The summed E-state index contributed by atoms with van der Waals surface area (Å²) in [5.41, 5.74) is 0. The Balaban J connectivity index is 3.16. The van der Waals surface area contributed by atoms with Gasteiger partial charge in [-0.05, 0) is 18.8 Å². The first-order valence-corrected chi connectivity index (χ1v) is 8.21. The van der Waals surface area contributed by atoms with Crippen molar-refractivity contribution in [3.63, 3.8) is 0 Å². The molecule has 1 unspecified atom stereocenters. The number of hydrogen-bond acceptors (Lipinski definition) is 3. The molecule has 0 aliphatic carbocycles. The van der Waals surface area contributed by atoms with Crippen LogP contribution in [0.4, 0.5) is 0 Å². The third kappa shape index (κ3) is 14.1. The zero-order chi connectivity index (χ0) is 14.2. The smallest absolute Gasteiger partial charge is 0.0591 e. The maximum absolute atomic E-state index is 5.73. The molecule has 0 radical (unpaired) electrons. The molecule has 0 saturated heterocycles. The van der Waals surface area contributed by atoms with Crippen molar-refractivity contribution in [2.75, 3.05) is 39.5 Å². The van der Waals surface area contributed by atoms with E-state index in [1.54, 1.807) is 0 Å². The molecule has 3 nitrogen and oxygen atoms in total. The molecule has 19 heavy (non-hydrogen) atoms. The van der Waals surface area contributed by atoms with Gasteiger partial charge in [-0.25, -0.2) is 0 Å². The molecule has 1 atom stereocenters. The van der Waals surface area contributed by atoms with E-state index in [1.807, 2.05) is 0 Å². The first kappa shape index (κ1) is 18.9. The van der Waals surface area contributed by atoms with Crippen LogP contribution >= 0.6 is 0 Å². The number of nitrogens with one attached hydrogen (secondary N) is 1. The molecule has 0 rings (SSSR count). The van der Waals surface area contributed by atoms with Crippen molar-refractivity contribution in [1.29, 1.82) is 0 Å². The van der Waals surface area contributed by atoms with Gasteiger partial charge in [-0.15, -0.1) is 0 Å². The van der Waals surface area contributed by atoms with Gasteiger partial charge >= 0.3 is 0 Å². The summed E-state index contributed by atoms with van der Waals surface area (Å²) in [6, 6.07) is 0. The van der Waals surface area contributed by atoms with E-state index in [4.69, 9.17) is 9.47 Å². The van der Waals surface area contributed by atoms with Crippen LogP contribution in [0.3, 0.4) is 0 Å². The van der Waals surface area contributed by atoms with Gasteiger partial charge in [0.2, 0.25) is 0 Å². The highest BCUT2D eigenvalue weighted by Crippen LogP contribution is 2.12. The molecule has 0 aliphatic heterocycles. The molecule has 116 valence electrons. The molecular weight excluding hydrogens is 238 g/mol. The standard InChI is InChI=1S/C16H35NO2/c1-4-7-9-16(6-3)15-19-14-11-17-10-13-18-12-8-5-2/h16-17H,4-15H2,1-3H3. The van der Waals surface area contributed by atoms with E-state index in [0.29, 0.717) is 0 Å². The lowest BCUT2D eigenvalue weighted by atomic mass is 10.0. The molecule has 0 aliphatic rings. The summed E-state index contributed by atoms with van der Waals surface area (Å²) in [7, 11) is 0. The molecule has 0 heterocycles. The van der Waals surface area contributed by atoms with Gasteiger partial charge in [0, 0.05) is 26.3 Å². The first-order valence-electron chi connectivity index (χ1n) is 8.21. The Morgan fingerprint density at radius 3 is 2.16 bits per heavy atom. The van der Waals surface area contributed by atoms with Gasteiger partial charge < -0.3 is 14.8 Å². The number of unbranched alkanes of at least 4 members (excludes halogenated alkanes) is 2. The summed E-state index contributed by atoms with van der Waals surface area (Å²) in [5.74, 6) is 0.748. The van der Waals surface area contributed by atoms with Crippen LogP contribution in [-0.4, -0.2) is 39.5 Å². The van der Waals surface area contributed by atoms with Crippen LogP contribution < -0.4 is 5.32 Å². The van der Waals surface area contributed by atoms with E-state index >= 15 is 0 Å². The molecule has 0 aromatic carbocycles. The van der Waals surface area contributed by atoms with Crippen molar-refractivity contribution in [2.24, 2.45) is 5.92 Å². The van der Waals surface area contributed by atoms with Gasteiger partial charge in [-0.1, -0.05) is 46.5 Å². The lowest BCUT2D eigenvalue weighted by Gasteiger charge is -2.14. The summed E-state index contributed by atoms with van der Waals surface area (Å²) in [5, 5.41) is 3.35. The Bertz CT molecular complexity index is 165. The monoisotopic (exact) mass is 273 g/mol. The zero-order valence-corrected chi connectivity index (χ0v) is 13.4. The molecule has 0 fully saturated rings. The van der Waals surface area contributed by atoms with Crippen LogP contribution in [0.1, 0.15) is 59.3 Å². The van der Waals surface area contributed by atoms with Gasteiger partial charge in [-0.3, -0.25) is 0 Å². The summed E-state index contributed by atoms with van der Waals surface area (Å²) in [4.78, 5) is 0. The van der Waals surface area contributed by atoms with E-state index in [2.05, 4.69) is 26.1 Å². The van der Waals surface area contributed by atoms with E-state index in [9.17, 15) is 0 Å². The third-order valence-corrected chi connectivity index (χ3v) is 3.39. The highest BCUT2D eigenvalue weighted by atomic mass is 16.5. The molecule has 0 aromatic heterocycles. The lowest BCUT2D eigenvalue weighted by molar-refractivity contribution is 0.0920. The minimum Gasteiger partial charge on any atom is -0.380 e. The maximum Gasteiger partial charge on any atom is 0.0591 e. The fourth-order valence-corrected chi connectivity index (χ4v) is 1.91. The average Bonchev–Trinajstić information content (AvgIpc) is 2.44. The van der Waals surface area contributed by atoms with Crippen molar-refractivity contribution in [1.82, 2.24) is 5.32 Å². The predicted molar refractivity (Wildman–Crippen MR) is 82.7 cm³/mol. The summed E-state index contributed by atoms with van der Waals surface area (Å²) in [6.07, 6.45) is 7.53. The van der Waals surface area contributed by atoms with Gasteiger partial charge in [0.1, 0.15) is 0 Å². The maximum atomic E-state index is 5.73. The average molecular weight is 273 g/mol. The van der Waals surface area contributed by atoms with Gasteiger partial charge in [0.25, 0.3) is 0 Å². The third-order valence-electron chi connectivity index (χ3n) is 3.39. The molecule has 0 aromatic rings. The van der Waals surface area contributed by atoms with Crippen LogP contribution in [0.2, 0.25) is 0 Å². The van der Waals surface area contributed by atoms with Crippen molar-refractivity contribution in [3.05, 3.63) is 0 Å². The predicted octanol–water partition coefficient (Wildman–Crippen LogP) is 3.63. The van der Waals surface area contributed by atoms with Gasteiger partial charge in [0.15, 0.2) is 0 Å². The number of rotatable bonds is 15. The van der Waals surface area contributed by atoms with Crippen molar-refractivity contribution in [3.8, 4) is 0 Å². The van der Waals surface area contributed by atoms with Crippen LogP contribution in [0.5, 0.6) is 0 Å². The lowest BCUT2D eigenvalue weighted by Crippen LogP contribution is -2.25. The molecular formula is C16H35NO2. The highest BCUT2D eigenvalue weighted by molar-refractivity contribution is 4.56. The molecule has 1 N–H and O–H groups in total. The van der Waals surface area contributed by atoms with E-state index in [1.165, 1.54) is 38.5 Å². The second-order valence-corrected chi connectivity index (χ2v) is 5.21. The van der Waals surface area contributed by atoms with Crippen molar-refractivity contribution < 1.29 is 9.47 Å². The van der Waals surface area contributed by atoms with Crippen LogP contribution in [-0.2, 0) is 9.47 Å². The minimum atomic E-state index is 0.748. The largest absolute Gasteiger partial charge is 0.380 e. The fourth-order valence-electron chi connectivity index (χ4n) is 1.91. The van der Waals surface area contributed by atoms with E-state index in [-0.39, 0.29) is 0 Å². The molecule has 0 saturated carbocycles. The Kier molecular flexibility index (Phi) is 15.8. The van der Waals surface area contributed by atoms with Gasteiger partial charge in [0.05, 0.1) is 13.2 Å². The van der Waals surface area contributed by atoms with Gasteiger partial charge in [-0.2, -0.15) is 0 Å². The second-order valence-electron chi connectivity index (χ2n) is 5.21. The van der Waals surface area contributed by atoms with E-state index < -0.39 is 0 Å². The first-order chi connectivity index (χ1) is 9.35. The topological polar surface area (TPSA) is 30.5 Å². The Hall–Kier alpha value is -0.120. The quantitative estimate of drug-likeness (QED) is 0.462. The van der Waals surface area contributed by atoms with Crippen molar-refractivity contribution >= 4 is 0 Å². The minimum absolute atomic E-state index is 0.748. The summed E-state index contributed by atoms with van der Waals surface area (Å²) >= 11 is 0. The zero-order valence-electron chi connectivity index (χ0n) is 13.4. The van der Waals surface area contributed by atoms with Crippen LogP contribution in [0.15, 0.2) is 0 Å². The van der Waals surface area contributed by atoms with Crippen LogP contribution in [0.25, 0.3) is 0 Å². The number of ether oxygens (including phenoxy) is 2. The fraction of sp³-hybridized carbons (Fsp3) is 1.00. The SMILES string of the molecule is CCCCOCCNCCOCC(CC)CCCC. The molecule has 0 spiro atoms. The normalized spacial score (nSPS) is 12.8. The Morgan fingerprint density at radius 2 is 1.53 bits per heavy atom. The van der Waals surface area contributed by atoms with Crippen LogP contribution in [0, 0.1) is 5.92 Å². The molecule has 3 heteroatoms. The highest BCUT2D eigenvalue weighted by Gasteiger charge is 2.05. The molecule has 0 amide bonds. The second kappa shape index (κ2) is 15.9. The van der Waals surface area contributed by atoms with E-state index in [0.717, 1.165) is 45.4 Å². The Labute approximate surface area is 120 Å². The number of hydrogen-bond donors (Lipinski definition) is 1. The summed E-state index contributed by atoms with van der Waals surface area (Å²) < 4.78 is 11.2. The summed E-state index contributed by atoms with van der Waals surface area (Å²) in [6.45, 7) is 12.0. The molecule has 0 bridgehead atoms. The van der Waals surface area contributed by atoms with Crippen molar-refractivity contribution in [2.45, 2.75) is 59.3 Å². The Morgan fingerprint density at radius 1 is 0.842 bits per heavy atom.